The lowest BCUT2D eigenvalue weighted by molar-refractivity contribution is -0.152. The Balaban J connectivity index is 0.956. The molecule has 0 bridgehead atoms. The number of carbonyl (C=O) groups excluding carboxylic acids is 2. The number of hydrogen-bond donors (Lipinski definition) is 0. The maximum absolute atomic E-state index is 13.3. The number of benzene rings is 1. The highest BCUT2D eigenvalue weighted by Crippen LogP contribution is 2.43. The Morgan fingerprint density at radius 2 is 1.59 bits per heavy atom. The van der Waals surface area contributed by atoms with E-state index in [1.807, 2.05) is 11.3 Å². The number of amides is 1. The molecule has 7 nitrogen and oxygen atoms in total. The summed E-state index contributed by atoms with van der Waals surface area (Å²) in [5, 5.41) is 3.57. The molecule has 282 valence electrons. The molecule has 51 heavy (non-hydrogen) atoms. The molecular weight excluding hydrogens is 655 g/mol. The van der Waals surface area contributed by atoms with Gasteiger partial charge in [0, 0.05) is 78.9 Å². The second kappa shape index (κ2) is 20.5. The normalized spacial score (nSPS) is 19.3. The van der Waals surface area contributed by atoms with E-state index in [0.717, 1.165) is 69.7 Å². The Hall–Kier alpha value is -2.68. The zero-order chi connectivity index (χ0) is 35.9. The van der Waals surface area contributed by atoms with Crippen LogP contribution in [0.5, 0.6) is 0 Å². The van der Waals surface area contributed by atoms with Crippen molar-refractivity contribution in [3.8, 4) is 0 Å². The van der Waals surface area contributed by atoms with Crippen molar-refractivity contribution in [2.45, 2.75) is 136 Å². The first-order valence-electron chi connectivity index (χ1n) is 20.3. The molecule has 1 unspecified atom stereocenters. The summed E-state index contributed by atoms with van der Waals surface area (Å²) in [4.78, 5) is 32.7. The molecule has 5 rings (SSSR count). The van der Waals surface area contributed by atoms with Crippen molar-refractivity contribution in [2.75, 3.05) is 51.0 Å². The van der Waals surface area contributed by atoms with Crippen molar-refractivity contribution in [1.82, 2.24) is 9.80 Å². The van der Waals surface area contributed by atoms with Crippen LogP contribution in [0.15, 0.2) is 53.1 Å². The van der Waals surface area contributed by atoms with Crippen LogP contribution in [0.25, 0.3) is 10.1 Å². The highest BCUT2D eigenvalue weighted by atomic mass is 32.1. The summed E-state index contributed by atoms with van der Waals surface area (Å²) in [5.41, 5.74) is 3.24. The predicted molar refractivity (Wildman–Crippen MR) is 212 cm³/mol. The molecule has 1 saturated heterocycles. The Morgan fingerprint density at radius 3 is 2.31 bits per heavy atom. The molecule has 1 fully saturated rings. The highest BCUT2D eigenvalue weighted by Gasteiger charge is 2.40. The Labute approximate surface area is 312 Å². The van der Waals surface area contributed by atoms with Gasteiger partial charge >= 0.3 is 5.97 Å². The van der Waals surface area contributed by atoms with Gasteiger partial charge in [0.2, 0.25) is 5.91 Å². The summed E-state index contributed by atoms with van der Waals surface area (Å²) in [7, 11) is 0. The van der Waals surface area contributed by atoms with E-state index in [1.165, 1.54) is 80.0 Å². The number of nitrogens with zero attached hydrogens (tertiary/aromatic N) is 3. The van der Waals surface area contributed by atoms with Crippen LogP contribution in [-0.4, -0.2) is 73.8 Å². The van der Waals surface area contributed by atoms with Crippen molar-refractivity contribution >= 4 is 39.0 Å². The number of esters is 1. The molecular formula is C43H65N3O4S. The van der Waals surface area contributed by atoms with Gasteiger partial charge in [-0.1, -0.05) is 110 Å². The fourth-order valence-electron chi connectivity index (χ4n) is 7.98. The molecule has 8 heteroatoms. The SMILES string of the molecule is CCCCCCCCCCCCCCC(=O)OCN1C(=O)CC(C)(C)C2=C1CC(OCCCCN1CCN(c3cccc4sccc34)CC1)C=C2. The monoisotopic (exact) mass is 719 g/mol. The Bertz CT molecular complexity index is 1440. The average molecular weight is 720 g/mol. The lowest BCUT2D eigenvalue weighted by atomic mass is 9.74. The smallest absolute Gasteiger partial charge is 0.307 e. The van der Waals surface area contributed by atoms with Crippen LogP contribution in [0.2, 0.25) is 0 Å². The summed E-state index contributed by atoms with van der Waals surface area (Å²) in [6, 6.07) is 8.91. The second-order valence-electron chi connectivity index (χ2n) is 15.6. The first kappa shape index (κ1) is 39.5. The summed E-state index contributed by atoms with van der Waals surface area (Å²) >= 11 is 1.82. The van der Waals surface area contributed by atoms with Gasteiger partial charge in [0.25, 0.3) is 0 Å². The van der Waals surface area contributed by atoms with Gasteiger partial charge in [-0.2, -0.15) is 0 Å². The number of piperazine rings is 1. The molecule has 0 saturated carbocycles. The van der Waals surface area contributed by atoms with E-state index in [0.29, 0.717) is 25.9 Å². The van der Waals surface area contributed by atoms with Crippen molar-refractivity contribution < 1.29 is 19.1 Å². The Morgan fingerprint density at radius 1 is 0.882 bits per heavy atom. The fraction of sp³-hybridized carbons (Fsp3) is 0.674. The molecule has 1 aromatic heterocycles. The molecule has 2 aromatic rings. The third kappa shape index (κ3) is 11.9. The molecule has 1 aromatic carbocycles. The zero-order valence-corrected chi connectivity index (χ0v) is 32.8. The highest BCUT2D eigenvalue weighted by molar-refractivity contribution is 7.17. The van der Waals surface area contributed by atoms with Crippen molar-refractivity contribution in [1.29, 1.82) is 0 Å². The largest absolute Gasteiger partial charge is 0.444 e. The number of allylic oxidation sites excluding steroid dienone is 2. The molecule has 3 aliphatic rings. The number of anilines is 1. The van der Waals surface area contributed by atoms with Crippen molar-refractivity contribution in [2.24, 2.45) is 5.41 Å². The second-order valence-corrected chi connectivity index (χ2v) is 16.6. The van der Waals surface area contributed by atoms with Gasteiger partial charge in [0.05, 0.1) is 6.10 Å². The molecule has 1 amide bonds. The number of fused-ring (bicyclic) bond motifs is 1. The molecule has 1 atom stereocenters. The van der Waals surface area contributed by atoms with E-state index in [9.17, 15) is 9.59 Å². The number of hydrogen-bond acceptors (Lipinski definition) is 7. The van der Waals surface area contributed by atoms with Gasteiger partial charge in [-0.25, -0.2) is 0 Å². The topological polar surface area (TPSA) is 62.3 Å². The third-order valence-electron chi connectivity index (χ3n) is 11.1. The predicted octanol–water partition coefficient (Wildman–Crippen LogP) is 10.3. The lowest BCUT2D eigenvalue weighted by Gasteiger charge is -2.42. The maximum atomic E-state index is 13.3. The molecule has 1 aliphatic carbocycles. The first-order chi connectivity index (χ1) is 24.9. The van der Waals surface area contributed by atoms with E-state index in [-0.39, 0.29) is 30.1 Å². The molecule has 3 heterocycles. The molecule has 0 spiro atoms. The quantitative estimate of drug-likeness (QED) is 0.0892. The van der Waals surface area contributed by atoms with E-state index in [1.54, 1.807) is 4.90 Å². The molecule has 2 aliphatic heterocycles. The standard InChI is InChI=1S/C43H65N3O4S/c1-4-5-6-7-8-9-10-11-12-13-14-15-21-42(48)50-34-46-39-32-35(22-23-37(39)43(2,3)33-41(46)47)49-30-17-16-25-44-26-28-45(29-27-44)38-19-18-20-40-36(38)24-31-51-40/h18-20,22-24,31,35H,4-17,21,25-30,32-34H2,1-3H3. The number of rotatable bonds is 22. The summed E-state index contributed by atoms with van der Waals surface area (Å²) in [6.45, 7) is 12.6. The van der Waals surface area contributed by atoms with Crippen LogP contribution in [0.3, 0.4) is 0 Å². The summed E-state index contributed by atoms with van der Waals surface area (Å²) in [5.74, 6) is -0.180. The molecule has 0 radical (unpaired) electrons. The maximum Gasteiger partial charge on any atom is 0.307 e. The fourth-order valence-corrected chi connectivity index (χ4v) is 8.79. The van der Waals surface area contributed by atoms with Crippen molar-refractivity contribution in [3.05, 3.63) is 53.1 Å². The minimum Gasteiger partial charge on any atom is -0.444 e. The van der Waals surface area contributed by atoms with Crippen LogP contribution in [0.4, 0.5) is 5.69 Å². The summed E-state index contributed by atoms with van der Waals surface area (Å²) in [6.07, 6.45) is 23.0. The number of unbranched alkanes of at least 4 members (excludes halogenated alkanes) is 12. The van der Waals surface area contributed by atoms with Crippen LogP contribution >= 0.6 is 11.3 Å². The van der Waals surface area contributed by atoms with E-state index >= 15 is 0 Å². The van der Waals surface area contributed by atoms with E-state index in [2.05, 4.69) is 72.4 Å². The number of carbonyl (C=O) groups is 2. The van der Waals surface area contributed by atoms with Gasteiger partial charge in [-0.15, -0.1) is 11.3 Å². The van der Waals surface area contributed by atoms with Crippen LogP contribution in [-0.2, 0) is 19.1 Å². The molecule has 0 N–H and O–H groups in total. The number of thiophene rings is 1. The van der Waals surface area contributed by atoms with Crippen LogP contribution < -0.4 is 4.90 Å². The van der Waals surface area contributed by atoms with Crippen LogP contribution in [0, 0.1) is 5.41 Å². The number of ether oxygens (including phenoxy) is 2. The minimum atomic E-state index is -0.246. The van der Waals surface area contributed by atoms with Gasteiger partial charge in [-0.3, -0.25) is 19.4 Å². The first-order valence-corrected chi connectivity index (χ1v) is 21.2. The zero-order valence-electron chi connectivity index (χ0n) is 32.0. The van der Waals surface area contributed by atoms with Crippen molar-refractivity contribution in [3.63, 3.8) is 0 Å². The third-order valence-corrected chi connectivity index (χ3v) is 12.0. The van der Waals surface area contributed by atoms with Gasteiger partial charge in [0.15, 0.2) is 6.73 Å². The van der Waals surface area contributed by atoms with E-state index in [4.69, 9.17) is 9.47 Å². The van der Waals surface area contributed by atoms with Crippen LogP contribution in [0.1, 0.15) is 130 Å². The summed E-state index contributed by atoms with van der Waals surface area (Å²) < 4.78 is 13.4. The van der Waals surface area contributed by atoms with Gasteiger partial charge in [-0.05, 0) is 55.0 Å². The average Bonchev–Trinajstić information content (AvgIpc) is 3.61. The lowest BCUT2D eigenvalue weighted by Crippen LogP contribution is -2.46. The van der Waals surface area contributed by atoms with Gasteiger partial charge < -0.3 is 14.4 Å². The van der Waals surface area contributed by atoms with Gasteiger partial charge in [0.1, 0.15) is 0 Å². The van der Waals surface area contributed by atoms with E-state index < -0.39 is 0 Å². The minimum absolute atomic E-state index is 0.00106. The Kier molecular flexibility index (Phi) is 15.9.